The van der Waals surface area contributed by atoms with Gasteiger partial charge in [0.2, 0.25) is 0 Å². The Bertz CT molecular complexity index is 90.4. The van der Waals surface area contributed by atoms with Crippen LogP contribution in [0.5, 0.6) is 0 Å². The number of nitrogens with zero attached hydrogens (tertiary/aromatic N) is 1. The molecule has 8 heavy (non-hydrogen) atoms. The molecule has 0 aliphatic heterocycles. The minimum atomic E-state index is -0.380. The quantitative estimate of drug-likeness (QED) is 0.528. The summed E-state index contributed by atoms with van der Waals surface area (Å²) in [6.07, 6.45) is 0. The molecule has 0 spiro atoms. The van der Waals surface area contributed by atoms with Gasteiger partial charge in [-0.3, -0.25) is 4.79 Å². The van der Waals surface area contributed by atoms with Gasteiger partial charge in [0, 0.05) is 7.05 Å². The molecule has 1 N–H and O–H groups in total. The van der Waals surface area contributed by atoms with Crippen LogP contribution in [0.25, 0.3) is 0 Å². The molecule has 0 aliphatic carbocycles. The van der Waals surface area contributed by atoms with Crippen molar-refractivity contribution in [1.29, 1.82) is 0 Å². The number of hydroxylamine groups is 2. The molecule has 0 radical (unpaired) electrons. The largest absolute Gasteiger partial charge is 0.314 e. The van der Waals surface area contributed by atoms with Gasteiger partial charge in [-0.2, -0.15) is 5.06 Å². The molecule has 48 valence electrons. The summed E-state index contributed by atoms with van der Waals surface area (Å²) in [6, 6.07) is -0.380. The zero-order valence-corrected chi connectivity index (χ0v) is 5.38. The average molecular weight is 117 g/mol. The summed E-state index contributed by atoms with van der Waals surface area (Å²) in [5, 5.41) is 9.50. The van der Waals surface area contributed by atoms with Crippen LogP contribution in [0, 0.1) is 0 Å². The highest BCUT2D eigenvalue weighted by Crippen LogP contribution is 1.90. The number of carbonyl (C=O) groups excluding carboxylic acids is 1. The lowest BCUT2D eigenvalue weighted by Crippen LogP contribution is -2.31. The van der Waals surface area contributed by atoms with Crippen LogP contribution in [0.15, 0.2) is 0 Å². The van der Waals surface area contributed by atoms with E-state index in [0.717, 1.165) is 5.06 Å². The Morgan fingerprint density at radius 3 is 2.12 bits per heavy atom. The van der Waals surface area contributed by atoms with Crippen LogP contribution in [-0.4, -0.2) is 29.1 Å². The molecule has 3 nitrogen and oxygen atoms in total. The number of hydrogen-bond acceptors (Lipinski definition) is 3. The topological polar surface area (TPSA) is 40.5 Å². The third-order valence-electron chi connectivity index (χ3n) is 1.15. The first-order valence-corrected chi connectivity index (χ1v) is 2.48. The Balaban J connectivity index is 3.64. The van der Waals surface area contributed by atoms with Gasteiger partial charge in [0.1, 0.15) is 5.78 Å². The van der Waals surface area contributed by atoms with Gasteiger partial charge in [0.25, 0.3) is 0 Å². The smallest absolute Gasteiger partial charge is 0.148 e. The Hall–Kier alpha value is -0.410. The first-order chi connectivity index (χ1) is 3.55. The van der Waals surface area contributed by atoms with Gasteiger partial charge in [0.05, 0.1) is 6.04 Å². The van der Waals surface area contributed by atoms with E-state index < -0.39 is 0 Å². The van der Waals surface area contributed by atoms with Crippen molar-refractivity contribution >= 4 is 5.78 Å². The molecule has 0 fully saturated rings. The molecular weight excluding hydrogens is 106 g/mol. The van der Waals surface area contributed by atoms with E-state index in [2.05, 4.69) is 0 Å². The average Bonchev–Trinajstić information content (AvgIpc) is 1.64. The second-order valence-electron chi connectivity index (χ2n) is 1.86. The van der Waals surface area contributed by atoms with E-state index in [1.165, 1.54) is 14.0 Å². The van der Waals surface area contributed by atoms with Gasteiger partial charge in [-0.05, 0) is 13.8 Å². The summed E-state index contributed by atoms with van der Waals surface area (Å²) in [4.78, 5) is 10.4. The number of ketones is 1. The maximum absolute atomic E-state index is 10.4. The van der Waals surface area contributed by atoms with E-state index in [1.807, 2.05) is 0 Å². The lowest BCUT2D eigenvalue weighted by atomic mass is 10.2. The van der Waals surface area contributed by atoms with Crippen LogP contribution >= 0.6 is 0 Å². The van der Waals surface area contributed by atoms with Crippen molar-refractivity contribution in [3.8, 4) is 0 Å². The van der Waals surface area contributed by atoms with E-state index >= 15 is 0 Å². The van der Waals surface area contributed by atoms with Gasteiger partial charge in [0.15, 0.2) is 0 Å². The molecule has 0 rings (SSSR count). The van der Waals surface area contributed by atoms with E-state index in [1.54, 1.807) is 6.92 Å². The summed E-state index contributed by atoms with van der Waals surface area (Å²) in [7, 11) is 1.45. The van der Waals surface area contributed by atoms with Crippen LogP contribution < -0.4 is 0 Å². The fourth-order valence-electron chi connectivity index (χ4n) is 0.263. The van der Waals surface area contributed by atoms with Gasteiger partial charge in [-0.15, -0.1) is 0 Å². The van der Waals surface area contributed by atoms with Crippen LogP contribution in [0.4, 0.5) is 0 Å². The van der Waals surface area contributed by atoms with Gasteiger partial charge in [-0.25, -0.2) is 0 Å². The summed E-state index contributed by atoms with van der Waals surface area (Å²) in [6.45, 7) is 3.08. The van der Waals surface area contributed by atoms with Crippen molar-refractivity contribution in [2.75, 3.05) is 7.05 Å². The van der Waals surface area contributed by atoms with Crippen LogP contribution in [-0.2, 0) is 4.79 Å². The first-order valence-electron chi connectivity index (χ1n) is 2.48. The lowest BCUT2D eigenvalue weighted by Gasteiger charge is -2.13. The molecule has 0 heterocycles. The molecule has 0 bridgehead atoms. The first kappa shape index (κ1) is 7.59. The fraction of sp³-hybridized carbons (Fsp3) is 0.800. The van der Waals surface area contributed by atoms with Crippen molar-refractivity contribution in [2.45, 2.75) is 19.9 Å². The third-order valence-corrected chi connectivity index (χ3v) is 1.15. The number of Topliss-reactive ketones (excluding diaryl/α,β-unsaturated/α-hetero) is 1. The second kappa shape index (κ2) is 2.79. The number of likely N-dealkylation sites (N-methyl/N-ethyl adjacent to an activating group) is 1. The molecule has 0 saturated carbocycles. The molecule has 0 aromatic heterocycles. The monoisotopic (exact) mass is 117 g/mol. The zero-order chi connectivity index (χ0) is 6.73. The predicted molar refractivity (Wildman–Crippen MR) is 29.7 cm³/mol. The minimum Gasteiger partial charge on any atom is -0.314 e. The Kier molecular flexibility index (Phi) is 2.65. The van der Waals surface area contributed by atoms with Crippen LogP contribution in [0.1, 0.15) is 13.8 Å². The van der Waals surface area contributed by atoms with Gasteiger partial charge in [-0.1, -0.05) is 0 Å². The standard InChI is InChI=1S/C5H11NO2/c1-4(5(2)7)6(3)8/h4,8H,1-3H3. The van der Waals surface area contributed by atoms with Gasteiger partial charge < -0.3 is 5.21 Å². The van der Waals surface area contributed by atoms with Crippen LogP contribution in [0.2, 0.25) is 0 Å². The second-order valence-corrected chi connectivity index (χ2v) is 1.86. The molecule has 3 heteroatoms. The third kappa shape index (κ3) is 2.04. The highest BCUT2D eigenvalue weighted by Gasteiger charge is 2.09. The van der Waals surface area contributed by atoms with Crippen molar-refractivity contribution in [3.05, 3.63) is 0 Å². The number of rotatable bonds is 2. The Labute approximate surface area is 48.9 Å². The van der Waals surface area contributed by atoms with Crippen molar-refractivity contribution < 1.29 is 10.0 Å². The van der Waals surface area contributed by atoms with Crippen LogP contribution in [0.3, 0.4) is 0 Å². The zero-order valence-electron chi connectivity index (χ0n) is 5.38. The van der Waals surface area contributed by atoms with Crippen molar-refractivity contribution in [2.24, 2.45) is 0 Å². The molecular formula is C5H11NO2. The molecule has 0 saturated heterocycles. The molecule has 0 aromatic rings. The summed E-state index contributed by atoms with van der Waals surface area (Å²) >= 11 is 0. The minimum absolute atomic E-state index is 0.0324. The molecule has 0 aromatic carbocycles. The van der Waals surface area contributed by atoms with E-state index in [4.69, 9.17) is 5.21 Å². The lowest BCUT2D eigenvalue weighted by molar-refractivity contribution is -0.140. The number of carbonyl (C=O) groups is 1. The van der Waals surface area contributed by atoms with E-state index in [9.17, 15) is 4.79 Å². The van der Waals surface area contributed by atoms with E-state index in [0.29, 0.717) is 0 Å². The SMILES string of the molecule is CC(=O)C(C)N(C)O. The highest BCUT2D eigenvalue weighted by atomic mass is 16.5. The predicted octanol–water partition coefficient (Wildman–Crippen LogP) is 0.285. The number of hydrogen-bond donors (Lipinski definition) is 1. The maximum Gasteiger partial charge on any atom is 0.148 e. The van der Waals surface area contributed by atoms with Crippen molar-refractivity contribution in [3.63, 3.8) is 0 Å². The molecule has 0 amide bonds. The molecule has 1 atom stereocenters. The summed E-state index contributed by atoms with van der Waals surface area (Å²) < 4.78 is 0. The highest BCUT2D eigenvalue weighted by molar-refractivity contribution is 5.80. The van der Waals surface area contributed by atoms with Crippen molar-refractivity contribution in [1.82, 2.24) is 5.06 Å². The molecule has 0 aliphatic rings. The Morgan fingerprint density at radius 2 is 2.12 bits per heavy atom. The van der Waals surface area contributed by atoms with E-state index in [-0.39, 0.29) is 11.8 Å². The summed E-state index contributed by atoms with van der Waals surface area (Å²) in [5.41, 5.74) is 0. The fourth-order valence-corrected chi connectivity index (χ4v) is 0.263. The summed E-state index contributed by atoms with van der Waals surface area (Å²) in [5.74, 6) is -0.0324. The Morgan fingerprint density at radius 1 is 1.75 bits per heavy atom. The normalized spacial score (nSPS) is 14.1. The molecule has 1 unspecified atom stereocenters. The maximum atomic E-state index is 10.4. The van der Waals surface area contributed by atoms with Gasteiger partial charge >= 0.3 is 0 Å².